The maximum atomic E-state index is 12.4. The molecule has 0 bridgehead atoms. The number of benzene rings is 1. The first kappa shape index (κ1) is 28.1. The minimum Gasteiger partial charge on any atom is -0.476 e. The van der Waals surface area contributed by atoms with Crippen molar-refractivity contribution in [1.82, 2.24) is 14.3 Å². The predicted octanol–water partition coefficient (Wildman–Crippen LogP) is 3.64. The summed E-state index contributed by atoms with van der Waals surface area (Å²) in [4.78, 5) is 36.8. The number of nitrogens with zero attached hydrogens (tertiary/aromatic N) is 3. The van der Waals surface area contributed by atoms with E-state index >= 15 is 0 Å². The number of unbranched alkanes of at least 4 members (excludes halogenated alkanes) is 4. The molecule has 0 aliphatic rings. The van der Waals surface area contributed by atoms with Crippen LogP contribution in [0.3, 0.4) is 0 Å². The highest BCUT2D eigenvalue weighted by Gasteiger charge is 2.31. The van der Waals surface area contributed by atoms with Crippen LogP contribution in [0.5, 0.6) is 11.6 Å². The van der Waals surface area contributed by atoms with E-state index in [1.807, 2.05) is 18.2 Å². The molecule has 0 amide bonds. The normalized spacial score (nSPS) is 11.3. The Labute approximate surface area is 207 Å². The standard InChI is InChI=1S/C26H39N3O6/c1-6-8-9-10-11-17-29-25(32)28(5)23(30)22(27-29)34-18-13-15-20-14-12-16-21(19-20)35-26(3,4)24(31)33-7-2/h12,14,16,19H,6-11,13,15,17-18H2,1-5H3. The minimum atomic E-state index is -1.09. The molecule has 0 saturated carbocycles. The Morgan fingerprint density at radius 2 is 1.80 bits per heavy atom. The zero-order chi connectivity index (χ0) is 25.8. The molecular formula is C26H39N3O6. The number of aryl methyl sites for hydroxylation is 2. The molecule has 194 valence electrons. The number of carbonyl (C=O) groups is 1. The van der Waals surface area contributed by atoms with Gasteiger partial charge in [-0.1, -0.05) is 44.7 Å². The summed E-state index contributed by atoms with van der Waals surface area (Å²) in [6, 6.07) is 7.48. The van der Waals surface area contributed by atoms with E-state index in [4.69, 9.17) is 14.2 Å². The molecule has 0 saturated heterocycles. The average Bonchev–Trinajstić information content (AvgIpc) is 2.82. The Kier molecular flexibility index (Phi) is 11.0. The molecule has 0 N–H and O–H groups in total. The highest BCUT2D eigenvalue weighted by atomic mass is 16.6. The largest absolute Gasteiger partial charge is 0.476 e. The van der Waals surface area contributed by atoms with Crippen molar-refractivity contribution >= 4 is 5.97 Å². The van der Waals surface area contributed by atoms with Gasteiger partial charge in [0.05, 0.1) is 13.2 Å². The number of esters is 1. The second kappa shape index (κ2) is 13.7. The first-order valence-corrected chi connectivity index (χ1v) is 12.5. The highest BCUT2D eigenvalue weighted by Crippen LogP contribution is 2.21. The molecule has 9 nitrogen and oxygen atoms in total. The Balaban J connectivity index is 1.93. The van der Waals surface area contributed by atoms with Gasteiger partial charge in [-0.05, 0) is 57.7 Å². The fourth-order valence-corrected chi connectivity index (χ4v) is 3.55. The second-order valence-electron chi connectivity index (χ2n) is 9.02. The summed E-state index contributed by atoms with van der Waals surface area (Å²) in [6.07, 6.45) is 6.59. The van der Waals surface area contributed by atoms with E-state index in [0.717, 1.165) is 35.8 Å². The molecule has 0 fully saturated rings. The molecule has 9 heteroatoms. The molecule has 2 rings (SSSR count). The number of hydrogen-bond donors (Lipinski definition) is 0. The van der Waals surface area contributed by atoms with Crippen molar-refractivity contribution in [3.8, 4) is 11.6 Å². The van der Waals surface area contributed by atoms with Gasteiger partial charge in [-0.3, -0.25) is 9.36 Å². The molecule has 0 radical (unpaired) electrons. The fourth-order valence-electron chi connectivity index (χ4n) is 3.55. The Morgan fingerprint density at radius 1 is 1.06 bits per heavy atom. The number of carbonyl (C=O) groups excluding carboxylic acids is 1. The molecule has 0 aliphatic heterocycles. The number of aromatic nitrogens is 3. The maximum absolute atomic E-state index is 12.4. The quantitative estimate of drug-likeness (QED) is 0.278. The zero-order valence-electron chi connectivity index (χ0n) is 21.7. The van der Waals surface area contributed by atoms with E-state index in [0.29, 0.717) is 31.7 Å². The van der Waals surface area contributed by atoms with Crippen LogP contribution in [0, 0.1) is 0 Å². The van der Waals surface area contributed by atoms with E-state index in [-0.39, 0.29) is 12.5 Å². The average molecular weight is 490 g/mol. The van der Waals surface area contributed by atoms with Crippen LogP contribution >= 0.6 is 0 Å². The van der Waals surface area contributed by atoms with Gasteiger partial charge in [-0.25, -0.2) is 14.3 Å². The van der Waals surface area contributed by atoms with E-state index in [1.54, 1.807) is 26.8 Å². The van der Waals surface area contributed by atoms with Crippen LogP contribution in [0.2, 0.25) is 0 Å². The lowest BCUT2D eigenvalue weighted by Gasteiger charge is -2.24. The van der Waals surface area contributed by atoms with Crippen LogP contribution in [-0.2, 0) is 29.5 Å². The van der Waals surface area contributed by atoms with Gasteiger partial charge < -0.3 is 14.2 Å². The zero-order valence-corrected chi connectivity index (χ0v) is 21.7. The van der Waals surface area contributed by atoms with E-state index in [2.05, 4.69) is 12.0 Å². The van der Waals surface area contributed by atoms with Gasteiger partial charge in [0.15, 0.2) is 5.60 Å². The van der Waals surface area contributed by atoms with Crippen molar-refractivity contribution in [2.45, 2.75) is 84.8 Å². The number of rotatable bonds is 15. The second-order valence-corrected chi connectivity index (χ2v) is 9.02. The first-order chi connectivity index (χ1) is 16.7. The first-order valence-electron chi connectivity index (χ1n) is 12.5. The molecule has 0 aliphatic carbocycles. The molecule has 1 aromatic carbocycles. The van der Waals surface area contributed by atoms with E-state index < -0.39 is 22.8 Å². The third kappa shape index (κ3) is 8.56. The predicted molar refractivity (Wildman–Crippen MR) is 134 cm³/mol. The highest BCUT2D eigenvalue weighted by molar-refractivity contribution is 5.79. The van der Waals surface area contributed by atoms with E-state index in [1.165, 1.54) is 18.2 Å². The third-order valence-electron chi connectivity index (χ3n) is 5.57. The van der Waals surface area contributed by atoms with Gasteiger partial charge in [0.1, 0.15) is 5.75 Å². The SMILES string of the molecule is CCCCCCCn1nc(OCCCc2cccc(OC(C)(C)C(=O)OCC)c2)c(=O)n(C)c1=O. The van der Waals surface area contributed by atoms with E-state index in [9.17, 15) is 14.4 Å². The summed E-state index contributed by atoms with van der Waals surface area (Å²) < 4.78 is 18.9. The molecule has 0 unspecified atom stereocenters. The van der Waals surface area contributed by atoms with Gasteiger partial charge in [-0.2, -0.15) is 0 Å². The lowest BCUT2D eigenvalue weighted by molar-refractivity contribution is -0.158. The van der Waals surface area contributed by atoms with Crippen molar-refractivity contribution in [3.63, 3.8) is 0 Å². The molecule has 35 heavy (non-hydrogen) atoms. The van der Waals surface area contributed by atoms with Gasteiger partial charge in [0.25, 0.3) is 5.88 Å². The van der Waals surface area contributed by atoms with Crippen LogP contribution in [0.15, 0.2) is 33.9 Å². The molecule has 1 heterocycles. The molecule has 2 aromatic rings. The summed E-state index contributed by atoms with van der Waals surface area (Å²) in [5.74, 6) is 0.0899. The van der Waals surface area contributed by atoms with Crippen LogP contribution < -0.4 is 20.7 Å². The summed E-state index contributed by atoms with van der Waals surface area (Å²) in [6.45, 7) is 8.27. The van der Waals surface area contributed by atoms with Crippen LogP contribution in [0.1, 0.15) is 71.8 Å². The van der Waals surface area contributed by atoms with Crippen LogP contribution in [-0.4, -0.2) is 39.1 Å². The number of hydrogen-bond acceptors (Lipinski definition) is 7. The monoisotopic (exact) mass is 489 g/mol. The molecule has 0 spiro atoms. The lowest BCUT2D eigenvalue weighted by atomic mass is 10.1. The lowest BCUT2D eigenvalue weighted by Crippen LogP contribution is -2.40. The summed E-state index contributed by atoms with van der Waals surface area (Å²) in [5.41, 5.74) is -1.05. The maximum Gasteiger partial charge on any atom is 0.349 e. The smallest absolute Gasteiger partial charge is 0.349 e. The summed E-state index contributed by atoms with van der Waals surface area (Å²) in [5, 5.41) is 4.17. The van der Waals surface area contributed by atoms with Crippen molar-refractivity contribution in [3.05, 3.63) is 50.7 Å². The van der Waals surface area contributed by atoms with Gasteiger partial charge in [0, 0.05) is 13.6 Å². The van der Waals surface area contributed by atoms with Crippen molar-refractivity contribution in [2.75, 3.05) is 13.2 Å². The topological polar surface area (TPSA) is 102 Å². The Bertz CT molecular complexity index is 1070. The molecule has 1 aromatic heterocycles. The Morgan fingerprint density at radius 3 is 2.51 bits per heavy atom. The fraction of sp³-hybridized carbons (Fsp3) is 0.615. The van der Waals surface area contributed by atoms with Crippen LogP contribution in [0.4, 0.5) is 0 Å². The van der Waals surface area contributed by atoms with Crippen molar-refractivity contribution in [2.24, 2.45) is 7.05 Å². The minimum absolute atomic E-state index is 0.0612. The van der Waals surface area contributed by atoms with Gasteiger partial charge in [0.2, 0.25) is 0 Å². The summed E-state index contributed by atoms with van der Waals surface area (Å²) >= 11 is 0. The van der Waals surface area contributed by atoms with Crippen LogP contribution in [0.25, 0.3) is 0 Å². The van der Waals surface area contributed by atoms with Crippen molar-refractivity contribution < 1.29 is 19.0 Å². The Hall–Kier alpha value is -3.10. The molecular weight excluding hydrogens is 450 g/mol. The number of ether oxygens (including phenoxy) is 3. The van der Waals surface area contributed by atoms with Crippen molar-refractivity contribution in [1.29, 1.82) is 0 Å². The summed E-state index contributed by atoms with van der Waals surface area (Å²) in [7, 11) is 1.44. The molecule has 0 atom stereocenters. The van der Waals surface area contributed by atoms with Gasteiger partial charge >= 0.3 is 17.2 Å². The van der Waals surface area contributed by atoms with Gasteiger partial charge in [-0.15, -0.1) is 5.10 Å². The third-order valence-corrected chi connectivity index (χ3v) is 5.57.